The van der Waals surface area contributed by atoms with Gasteiger partial charge in [0.1, 0.15) is 0 Å². The van der Waals surface area contributed by atoms with E-state index >= 15 is 0 Å². The van der Waals surface area contributed by atoms with E-state index in [0.717, 1.165) is 48.4 Å². The number of hydrogen-bond acceptors (Lipinski definition) is 3. The molecule has 3 N–H and O–H groups in total. The smallest absolute Gasteiger partial charge is 0.243 e. The van der Waals surface area contributed by atoms with Crippen molar-refractivity contribution in [1.82, 2.24) is 0 Å². The Bertz CT molecular complexity index is 761. The van der Waals surface area contributed by atoms with Gasteiger partial charge in [-0.2, -0.15) is 0 Å². The molecule has 0 radical (unpaired) electrons. The summed E-state index contributed by atoms with van der Waals surface area (Å²) in [4.78, 5) is 14.7. The Morgan fingerprint density at radius 2 is 2.00 bits per heavy atom. The van der Waals surface area contributed by atoms with Crippen LogP contribution < -0.4 is 16.0 Å². The second kappa shape index (κ2) is 8.26. The van der Waals surface area contributed by atoms with Gasteiger partial charge in [-0.05, 0) is 55.0 Å². The highest BCUT2D eigenvalue weighted by Gasteiger charge is 2.21. The van der Waals surface area contributed by atoms with Crippen molar-refractivity contribution in [3.05, 3.63) is 53.1 Å². The Kier molecular flexibility index (Phi) is 6.32. The number of rotatable bonds is 4. The van der Waals surface area contributed by atoms with Crippen molar-refractivity contribution < 1.29 is 4.79 Å². The summed E-state index contributed by atoms with van der Waals surface area (Å²) in [6, 6.07) is 12.1. The lowest BCUT2D eigenvalue weighted by atomic mass is 10.00. The van der Waals surface area contributed by atoms with Crippen LogP contribution in [0.4, 0.5) is 17.1 Å². The topological polar surface area (TPSA) is 58.4 Å². The number of amides is 1. The minimum atomic E-state index is 0. The third kappa shape index (κ3) is 4.07. The van der Waals surface area contributed by atoms with Crippen molar-refractivity contribution in [2.24, 2.45) is 0 Å². The number of nitrogen functional groups attached to an aromatic ring is 1. The third-order valence-electron chi connectivity index (χ3n) is 4.72. The van der Waals surface area contributed by atoms with E-state index in [4.69, 9.17) is 5.73 Å². The number of fused-ring (bicyclic) bond motifs is 1. The number of nitrogens with zero attached hydrogens (tertiary/aromatic N) is 1. The van der Waals surface area contributed by atoms with Gasteiger partial charge in [0.15, 0.2) is 0 Å². The van der Waals surface area contributed by atoms with Crippen molar-refractivity contribution in [2.75, 3.05) is 29.0 Å². The molecular weight excluding hydrogens is 334 g/mol. The second-order valence-corrected chi connectivity index (χ2v) is 6.38. The van der Waals surface area contributed by atoms with Gasteiger partial charge in [0, 0.05) is 23.6 Å². The fraction of sp³-hybridized carbons (Fsp3) is 0.350. The highest BCUT2D eigenvalue weighted by Crippen LogP contribution is 2.31. The molecule has 0 unspecified atom stereocenters. The monoisotopic (exact) mass is 359 g/mol. The van der Waals surface area contributed by atoms with Crippen LogP contribution in [-0.4, -0.2) is 19.0 Å². The molecule has 134 valence electrons. The van der Waals surface area contributed by atoms with E-state index in [1.165, 1.54) is 11.1 Å². The lowest BCUT2D eigenvalue weighted by molar-refractivity contribution is -0.115. The molecule has 0 spiro atoms. The molecule has 3 rings (SSSR count). The number of para-hydroxylation sites is 1. The first-order chi connectivity index (χ1) is 11.6. The summed E-state index contributed by atoms with van der Waals surface area (Å²) in [6.07, 6.45) is 2.91. The number of hydrogen-bond donors (Lipinski definition) is 2. The van der Waals surface area contributed by atoms with Crippen molar-refractivity contribution in [1.29, 1.82) is 0 Å². The van der Waals surface area contributed by atoms with Crippen LogP contribution in [0.1, 0.15) is 30.0 Å². The molecule has 4 nitrogen and oxygen atoms in total. The van der Waals surface area contributed by atoms with Crippen LogP contribution in [0.25, 0.3) is 0 Å². The van der Waals surface area contributed by atoms with E-state index in [1.54, 1.807) is 0 Å². The highest BCUT2D eigenvalue weighted by molar-refractivity contribution is 5.95. The average Bonchev–Trinajstić information content (AvgIpc) is 2.57. The standard InChI is InChI=1S/C20H25N3O.ClH/c1-3-15-8-4-7-14(2)20(15)22-19(24)13-23-12-6-9-16-17(21)10-5-11-18(16)23;/h4-5,7-8,10-11H,3,6,9,12-13,21H2,1-2H3,(H,22,24);1H. The van der Waals surface area contributed by atoms with Crippen LogP contribution in [-0.2, 0) is 17.6 Å². The molecule has 2 aromatic rings. The summed E-state index contributed by atoms with van der Waals surface area (Å²) < 4.78 is 0. The van der Waals surface area contributed by atoms with E-state index in [2.05, 4.69) is 29.3 Å². The molecule has 1 aliphatic heterocycles. The predicted molar refractivity (Wildman–Crippen MR) is 108 cm³/mol. The first kappa shape index (κ1) is 19.1. The molecular formula is C20H26ClN3O. The molecule has 0 saturated heterocycles. The molecule has 2 aromatic carbocycles. The van der Waals surface area contributed by atoms with E-state index in [9.17, 15) is 4.79 Å². The Hall–Kier alpha value is -2.20. The number of nitrogens with two attached hydrogens (primary N) is 1. The summed E-state index contributed by atoms with van der Waals surface area (Å²) >= 11 is 0. The van der Waals surface area contributed by atoms with Gasteiger partial charge in [-0.25, -0.2) is 0 Å². The summed E-state index contributed by atoms with van der Waals surface area (Å²) in [5.74, 6) is 0.0225. The van der Waals surface area contributed by atoms with Gasteiger partial charge >= 0.3 is 0 Å². The molecule has 0 aliphatic carbocycles. The number of anilines is 3. The summed E-state index contributed by atoms with van der Waals surface area (Å²) in [6.45, 7) is 5.38. The van der Waals surface area contributed by atoms with Crippen LogP contribution in [0.15, 0.2) is 36.4 Å². The average molecular weight is 360 g/mol. The number of nitrogens with one attached hydrogen (secondary N) is 1. The zero-order valence-electron chi connectivity index (χ0n) is 14.8. The maximum absolute atomic E-state index is 12.6. The Morgan fingerprint density at radius 3 is 2.76 bits per heavy atom. The minimum Gasteiger partial charge on any atom is -0.398 e. The van der Waals surface area contributed by atoms with Gasteiger partial charge < -0.3 is 16.0 Å². The number of aryl methyl sites for hydroxylation is 2. The molecule has 1 heterocycles. The number of benzene rings is 2. The van der Waals surface area contributed by atoms with Gasteiger partial charge in [-0.3, -0.25) is 4.79 Å². The zero-order valence-corrected chi connectivity index (χ0v) is 15.7. The fourth-order valence-corrected chi connectivity index (χ4v) is 3.45. The molecule has 5 heteroatoms. The van der Waals surface area contributed by atoms with Crippen molar-refractivity contribution in [3.8, 4) is 0 Å². The Balaban J connectivity index is 0.00000225. The van der Waals surface area contributed by atoms with E-state index in [0.29, 0.717) is 6.54 Å². The molecule has 0 fully saturated rings. The van der Waals surface area contributed by atoms with Crippen LogP contribution in [0.3, 0.4) is 0 Å². The van der Waals surface area contributed by atoms with Gasteiger partial charge in [-0.1, -0.05) is 31.2 Å². The van der Waals surface area contributed by atoms with Crippen LogP contribution in [0, 0.1) is 6.92 Å². The molecule has 0 atom stereocenters. The minimum absolute atomic E-state index is 0. The lowest BCUT2D eigenvalue weighted by Crippen LogP contribution is -2.37. The molecule has 1 aliphatic rings. The zero-order chi connectivity index (χ0) is 17.1. The largest absolute Gasteiger partial charge is 0.398 e. The second-order valence-electron chi connectivity index (χ2n) is 6.38. The number of carbonyl (C=O) groups excluding carboxylic acids is 1. The number of carbonyl (C=O) groups is 1. The maximum Gasteiger partial charge on any atom is 0.243 e. The molecule has 0 saturated carbocycles. The van der Waals surface area contributed by atoms with Crippen LogP contribution >= 0.6 is 12.4 Å². The number of halogens is 1. The molecule has 25 heavy (non-hydrogen) atoms. The molecule has 1 amide bonds. The van der Waals surface area contributed by atoms with Gasteiger partial charge in [0.2, 0.25) is 5.91 Å². The van der Waals surface area contributed by atoms with E-state index in [1.807, 2.05) is 31.2 Å². The van der Waals surface area contributed by atoms with Gasteiger partial charge in [0.05, 0.1) is 6.54 Å². The van der Waals surface area contributed by atoms with Gasteiger partial charge in [0.25, 0.3) is 0 Å². The Morgan fingerprint density at radius 1 is 1.24 bits per heavy atom. The first-order valence-electron chi connectivity index (χ1n) is 8.60. The van der Waals surface area contributed by atoms with E-state index < -0.39 is 0 Å². The fourth-order valence-electron chi connectivity index (χ4n) is 3.45. The van der Waals surface area contributed by atoms with Crippen molar-refractivity contribution >= 4 is 35.4 Å². The summed E-state index contributed by atoms with van der Waals surface area (Å²) in [5, 5.41) is 3.11. The van der Waals surface area contributed by atoms with Crippen LogP contribution in [0.5, 0.6) is 0 Å². The quantitative estimate of drug-likeness (QED) is 0.812. The van der Waals surface area contributed by atoms with Crippen molar-refractivity contribution in [3.63, 3.8) is 0 Å². The molecule has 0 bridgehead atoms. The third-order valence-corrected chi connectivity index (χ3v) is 4.72. The van der Waals surface area contributed by atoms with Crippen LogP contribution in [0.2, 0.25) is 0 Å². The SMILES string of the molecule is CCc1cccc(C)c1NC(=O)CN1CCCc2c(N)cccc21.Cl. The van der Waals surface area contributed by atoms with E-state index in [-0.39, 0.29) is 18.3 Å². The summed E-state index contributed by atoms with van der Waals surface area (Å²) in [5.41, 5.74) is 12.4. The lowest BCUT2D eigenvalue weighted by Gasteiger charge is -2.31. The highest BCUT2D eigenvalue weighted by atomic mass is 35.5. The Labute approximate surface area is 155 Å². The molecule has 0 aromatic heterocycles. The normalized spacial score (nSPS) is 13.0. The van der Waals surface area contributed by atoms with Crippen molar-refractivity contribution in [2.45, 2.75) is 33.1 Å². The first-order valence-corrected chi connectivity index (χ1v) is 8.60. The van der Waals surface area contributed by atoms with Gasteiger partial charge in [-0.15, -0.1) is 12.4 Å². The summed E-state index contributed by atoms with van der Waals surface area (Å²) in [7, 11) is 0. The maximum atomic E-state index is 12.6. The predicted octanol–water partition coefficient (Wildman–Crippen LogP) is 3.95.